The number of pyridine rings is 1. The summed E-state index contributed by atoms with van der Waals surface area (Å²) in [5, 5.41) is 4.29. The van der Waals surface area contributed by atoms with E-state index >= 15 is 0 Å². The predicted octanol–water partition coefficient (Wildman–Crippen LogP) is 2.52. The number of nitrogens with two attached hydrogens (primary N) is 1. The third kappa shape index (κ3) is 1.73. The van der Waals surface area contributed by atoms with Crippen LogP contribution in [0.2, 0.25) is 0 Å². The van der Waals surface area contributed by atoms with Gasteiger partial charge in [0.2, 0.25) is 0 Å². The summed E-state index contributed by atoms with van der Waals surface area (Å²) in [5.74, 6) is 1.32. The Bertz CT molecular complexity index is 587. The van der Waals surface area contributed by atoms with Crippen molar-refractivity contribution in [2.24, 2.45) is 0 Å². The van der Waals surface area contributed by atoms with Crippen molar-refractivity contribution in [2.75, 3.05) is 5.73 Å². The van der Waals surface area contributed by atoms with E-state index < -0.39 is 0 Å². The van der Waals surface area contributed by atoms with E-state index in [2.05, 4.69) is 10.1 Å². The van der Waals surface area contributed by atoms with Crippen molar-refractivity contribution in [3.63, 3.8) is 0 Å². The Morgan fingerprint density at radius 1 is 0.944 bits per heavy atom. The second kappa shape index (κ2) is 4.33. The van der Waals surface area contributed by atoms with Gasteiger partial charge in [-0.1, -0.05) is 36.4 Å². The monoisotopic (exact) mass is 236 g/mol. The van der Waals surface area contributed by atoms with Crippen LogP contribution < -0.4 is 5.73 Å². The summed E-state index contributed by atoms with van der Waals surface area (Å²) in [6.45, 7) is 0. The summed E-state index contributed by atoms with van der Waals surface area (Å²) >= 11 is 0. The van der Waals surface area contributed by atoms with Crippen LogP contribution in [0, 0.1) is 0 Å². The van der Waals surface area contributed by atoms with E-state index in [0.29, 0.717) is 5.82 Å². The molecule has 18 heavy (non-hydrogen) atoms. The van der Waals surface area contributed by atoms with E-state index in [-0.39, 0.29) is 0 Å². The van der Waals surface area contributed by atoms with E-state index in [1.165, 1.54) is 0 Å². The Hall–Kier alpha value is -2.62. The molecule has 3 aromatic rings. The normalized spacial score (nSPS) is 10.4. The molecule has 4 heteroatoms. The lowest BCUT2D eigenvalue weighted by molar-refractivity contribution is 0.857. The molecule has 88 valence electrons. The van der Waals surface area contributed by atoms with Gasteiger partial charge < -0.3 is 5.73 Å². The molecule has 0 radical (unpaired) electrons. The Morgan fingerprint density at radius 3 is 2.44 bits per heavy atom. The zero-order chi connectivity index (χ0) is 12.4. The molecular weight excluding hydrogens is 224 g/mol. The summed E-state index contributed by atoms with van der Waals surface area (Å²) in [5.41, 5.74) is 8.10. The lowest BCUT2D eigenvalue weighted by atomic mass is 10.1. The topological polar surface area (TPSA) is 56.7 Å². The van der Waals surface area contributed by atoms with Gasteiger partial charge in [-0.05, 0) is 17.7 Å². The van der Waals surface area contributed by atoms with Crippen LogP contribution in [0.5, 0.6) is 0 Å². The molecule has 0 aliphatic carbocycles. The maximum absolute atomic E-state index is 6.13. The standard InChI is InChI=1S/C14H12N4/c15-14-12(11-6-2-1-3-7-11)10-17-18(14)13-8-4-5-9-16-13/h1-10H,15H2. The SMILES string of the molecule is Nc1c(-c2ccccc2)cnn1-c1ccccn1. The maximum Gasteiger partial charge on any atom is 0.155 e. The van der Waals surface area contributed by atoms with E-state index in [1.54, 1.807) is 17.1 Å². The Balaban J connectivity index is 2.09. The van der Waals surface area contributed by atoms with Gasteiger partial charge in [-0.2, -0.15) is 9.78 Å². The van der Waals surface area contributed by atoms with Crippen molar-refractivity contribution in [1.82, 2.24) is 14.8 Å². The quantitative estimate of drug-likeness (QED) is 0.743. The smallest absolute Gasteiger partial charge is 0.155 e. The zero-order valence-electron chi connectivity index (χ0n) is 9.69. The van der Waals surface area contributed by atoms with Crippen molar-refractivity contribution in [1.29, 1.82) is 0 Å². The Kier molecular flexibility index (Phi) is 2.53. The summed E-state index contributed by atoms with van der Waals surface area (Å²) in [6.07, 6.45) is 3.48. The van der Waals surface area contributed by atoms with Crippen molar-refractivity contribution in [3.05, 3.63) is 60.9 Å². The van der Waals surface area contributed by atoms with Crippen LogP contribution in [-0.4, -0.2) is 14.8 Å². The molecule has 0 saturated carbocycles. The lowest BCUT2D eigenvalue weighted by Gasteiger charge is -2.03. The van der Waals surface area contributed by atoms with Crippen LogP contribution in [0.4, 0.5) is 5.82 Å². The van der Waals surface area contributed by atoms with Gasteiger partial charge in [0.1, 0.15) is 5.82 Å². The van der Waals surface area contributed by atoms with Gasteiger partial charge >= 0.3 is 0 Å². The van der Waals surface area contributed by atoms with Crippen LogP contribution in [0.3, 0.4) is 0 Å². The number of aromatic nitrogens is 3. The molecule has 0 aliphatic rings. The minimum Gasteiger partial charge on any atom is -0.383 e. The van der Waals surface area contributed by atoms with Crippen molar-refractivity contribution >= 4 is 5.82 Å². The first kappa shape index (κ1) is 10.5. The molecule has 0 saturated heterocycles. The lowest BCUT2D eigenvalue weighted by Crippen LogP contribution is -2.03. The third-order valence-corrected chi connectivity index (χ3v) is 2.76. The fourth-order valence-corrected chi connectivity index (χ4v) is 1.86. The second-order valence-electron chi connectivity index (χ2n) is 3.91. The summed E-state index contributed by atoms with van der Waals surface area (Å²) in [7, 11) is 0. The van der Waals surface area contributed by atoms with Crippen LogP contribution in [0.25, 0.3) is 16.9 Å². The van der Waals surface area contributed by atoms with Gasteiger partial charge in [0.25, 0.3) is 0 Å². The third-order valence-electron chi connectivity index (χ3n) is 2.76. The molecule has 0 fully saturated rings. The van der Waals surface area contributed by atoms with E-state index in [4.69, 9.17) is 5.73 Å². The van der Waals surface area contributed by atoms with Gasteiger partial charge in [0.15, 0.2) is 5.82 Å². The number of hydrogen-bond donors (Lipinski definition) is 1. The van der Waals surface area contributed by atoms with E-state index in [9.17, 15) is 0 Å². The molecule has 1 aromatic carbocycles. The molecule has 2 heterocycles. The first-order valence-corrected chi connectivity index (χ1v) is 5.66. The highest BCUT2D eigenvalue weighted by Gasteiger charge is 2.10. The van der Waals surface area contributed by atoms with E-state index in [0.717, 1.165) is 16.9 Å². The predicted molar refractivity (Wildman–Crippen MR) is 71.2 cm³/mol. The molecular formula is C14H12N4. The van der Waals surface area contributed by atoms with Gasteiger partial charge in [-0.15, -0.1) is 0 Å². The Morgan fingerprint density at radius 2 is 1.72 bits per heavy atom. The minimum absolute atomic E-state index is 0.597. The molecule has 2 N–H and O–H groups in total. The second-order valence-corrected chi connectivity index (χ2v) is 3.91. The molecule has 3 rings (SSSR count). The summed E-state index contributed by atoms with van der Waals surface area (Å²) in [4.78, 5) is 4.24. The Labute approximate surface area is 105 Å². The number of nitrogens with zero attached hydrogens (tertiary/aromatic N) is 3. The number of rotatable bonds is 2. The van der Waals surface area contributed by atoms with Crippen molar-refractivity contribution < 1.29 is 0 Å². The van der Waals surface area contributed by atoms with Crippen molar-refractivity contribution in [2.45, 2.75) is 0 Å². The van der Waals surface area contributed by atoms with Crippen LogP contribution in [0.1, 0.15) is 0 Å². The summed E-state index contributed by atoms with van der Waals surface area (Å²) < 4.78 is 1.64. The van der Waals surface area contributed by atoms with Crippen LogP contribution in [0.15, 0.2) is 60.9 Å². The summed E-state index contributed by atoms with van der Waals surface area (Å²) in [6, 6.07) is 15.6. The number of nitrogen functional groups attached to an aromatic ring is 1. The molecule has 0 atom stereocenters. The average Bonchev–Trinajstić information content (AvgIpc) is 2.83. The van der Waals surface area contributed by atoms with E-state index in [1.807, 2.05) is 48.5 Å². The fourth-order valence-electron chi connectivity index (χ4n) is 1.86. The van der Waals surface area contributed by atoms with Crippen LogP contribution in [-0.2, 0) is 0 Å². The van der Waals surface area contributed by atoms with Gasteiger partial charge in [0.05, 0.1) is 6.20 Å². The minimum atomic E-state index is 0.597. The van der Waals surface area contributed by atoms with Gasteiger partial charge in [0, 0.05) is 11.8 Å². The first-order chi connectivity index (χ1) is 8.86. The molecule has 2 aromatic heterocycles. The number of hydrogen-bond acceptors (Lipinski definition) is 3. The van der Waals surface area contributed by atoms with Gasteiger partial charge in [-0.25, -0.2) is 4.98 Å². The number of anilines is 1. The number of benzene rings is 1. The largest absolute Gasteiger partial charge is 0.383 e. The highest BCUT2D eigenvalue weighted by atomic mass is 15.3. The molecule has 0 amide bonds. The average molecular weight is 236 g/mol. The first-order valence-electron chi connectivity index (χ1n) is 5.66. The molecule has 0 aliphatic heterocycles. The van der Waals surface area contributed by atoms with Crippen molar-refractivity contribution in [3.8, 4) is 16.9 Å². The molecule has 0 bridgehead atoms. The highest BCUT2D eigenvalue weighted by Crippen LogP contribution is 2.26. The maximum atomic E-state index is 6.13. The fraction of sp³-hybridized carbons (Fsp3) is 0. The molecule has 0 unspecified atom stereocenters. The zero-order valence-corrected chi connectivity index (χ0v) is 9.69. The van der Waals surface area contributed by atoms with Gasteiger partial charge in [-0.3, -0.25) is 0 Å². The molecule has 4 nitrogen and oxygen atoms in total. The highest BCUT2D eigenvalue weighted by molar-refractivity contribution is 5.74. The molecule has 0 spiro atoms. The van der Waals surface area contributed by atoms with Crippen LogP contribution >= 0.6 is 0 Å².